The maximum atomic E-state index is 12.3. The largest absolute Gasteiger partial charge is 0.497 e. The van der Waals surface area contributed by atoms with E-state index in [0.29, 0.717) is 22.9 Å². The number of hydrogen-bond donors (Lipinski definition) is 1. The molecule has 0 saturated heterocycles. The van der Waals surface area contributed by atoms with E-state index >= 15 is 0 Å². The predicted octanol–water partition coefficient (Wildman–Crippen LogP) is 4.61. The van der Waals surface area contributed by atoms with Crippen molar-refractivity contribution >= 4 is 27.5 Å². The molecule has 0 atom stereocenters. The van der Waals surface area contributed by atoms with Gasteiger partial charge in [0, 0.05) is 10.5 Å². The van der Waals surface area contributed by atoms with E-state index in [2.05, 4.69) is 35.1 Å². The number of carbonyl (C=O) groups is 1. The fourth-order valence-electron chi connectivity index (χ4n) is 2.34. The molecule has 2 rings (SSSR count). The van der Waals surface area contributed by atoms with Crippen LogP contribution in [0.15, 0.2) is 40.9 Å². The van der Waals surface area contributed by atoms with Crippen molar-refractivity contribution in [3.63, 3.8) is 0 Å². The summed E-state index contributed by atoms with van der Waals surface area (Å²) in [7, 11) is 3.11. The molecule has 0 aromatic heterocycles. The summed E-state index contributed by atoms with van der Waals surface area (Å²) in [5, 5.41) is 2.79. The lowest BCUT2D eigenvalue weighted by atomic mass is 10.0. The van der Waals surface area contributed by atoms with Crippen LogP contribution in [0.25, 0.3) is 0 Å². The highest BCUT2D eigenvalue weighted by Gasteiger charge is 2.13. The third kappa shape index (κ3) is 5.13. The first kappa shape index (κ1) is 19.1. The van der Waals surface area contributed by atoms with Gasteiger partial charge in [0.15, 0.2) is 6.61 Å². The minimum atomic E-state index is -0.274. The van der Waals surface area contributed by atoms with E-state index in [1.54, 1.807) is 32.4 Å². The molecule has 0 heterocycles. The van der Waals surface area contributed by atoms with Gasteiger partial charge >= 0.3 is 0 Å². The Labute approximate surface area is 156 Å². The molecular formula is C19H22BrNO4. The predicted molar refractivity (Wildman–Crippen MR) is 102 cm³/mol. The molecule has 0 radical (unpaired) electrons. The molecule has 0 spiro atoms. The van der Waals surface area contributed by atoms with Gasteiger partial charge < -0.3 is 19.5 Å². The number of rotatable bonds is 7. The Bertz CT molecular complexity index is 746. The van der Waals surface area contributed by atoms with E-state index < -0.39 is 0 Å². The van der Waals surface area contributed by atoms with Crippen LogP contribution in [0.3, 0.4) is 0 Å². The number of halogens is 1. The summed E-state index contributed by atoms with van der Waals surface area (Å²) >= 11 is 3.46. The minimum absolute atomic E-state index is 0.0955. The number of benzene rings is 2. The first-order valence-corrected chi connectivity index (χ1v) is 8.68. The zero-order valence-corrected chi connectivity index (χ0v) is 16.3. The average Bonchev–Trinajstić information content (AvgIpc) is 2.60. The summed E-state index contributed by atoms with van der Waals surface area (Å²) in [6, 6.07) is 11.0. The number of methoxy groups -OCH3 is 2. The number of ether oxygens (including phenoxy) is 3. The van der Waals surface area contributed by atoms with Crippen molar-refractivity contribution in [2.45, 2.75) is 19.8 Å². The molecule has 1 amide bonds. The van der Waals surface area contributed by atoms with E-state index in [9.17, 15) is 4.79 Å². The van der Waals surface area contributed by atoms with Crippen LogP contribution in [0.2, 0.25) is 0 Å². The van der Waals surface area contributed by atoms with Gasteiger partial charge in [-0.2, -0.15) is 0 Å². The number of anilines is 1. The van der Waals surface area contributed by atoms with Crippen LogP contribution in [0.1, 0.15) is 25.3 Å². The van der Waals surface area contributed by atoms with E-state index in [0.717, 1.165) is 10.0 Å². The third-order valence-electron chi connectivity index (χ3n) is 3.63. The third-order valence-corrected chi connectivity index (χ3v) is 4.13. The average molecular weight is 408 g/mol. The number of hydrogen-bond acceptors (Lipinski definition) is 4. The summed E-state index contributed by atoms with van der Waals surface area (Å²) in [5.41, 5.74) is 1.58. The topological polar surface area (TPSA) is 56.8 Å². The van der Waals surface area contributed by atoms with E-state index in [-0.39, 0.29) is 18.4 Å². The van der Waals surface area contributed by atoms with Gasteiger partial charge in [-0.15, -0.1) is 0 Å². The van der Waals surface area contributed by atoms with Crippen LogP contribution >= 0.6 is 15.9 Å². The lowest BCUT2D eigenvalue weighted by Gasteiger charge is -2.15. The quantitative estimate of drug-likeness (QED) is 0.727. The molecular weight excluding hydrogens is 386 g/mol. The van der Waals surface area contributed by atoms with Gasteiger partial charge in [-0.3, -0.25) is 4.79 Å². The Kier molecular flexibility index (Phi) is 6.70. The van der Waals surface area contributed by atoms with Gasteiger partial charge in [-0.1, -0.05) is 29.8 Å². The monoisotopic (exact) mass is 407 g/mol. The van der Waals surface area contributed by atoms with Crippen LogP contribution in [0.4, 0.5) is 5.69 Å². The molecule has 0 aliphatic rings. The van der Waals surface area contributed by atoms with E-state index in [4.69, 9.17) is 14.2 Å². The van der Waals surface area contributed by atoms with Gasteiger partial charge in [0.1, 0.15) is 17.2 Å². The van der Waals surface area contributed by atoms with Crippen molar-refractivity contribution in [3.8, 4) is 17.2 Å². The SMILES string of the molecule is COc1ccc(OC)c(NC(=O)COc2ccc(Br)cc2C(C)C)c1. The molecule has 1 N–H and O–H groups in total. The molecule has 0 aliphatic carbocycles. The van der Waals surface area contributed by atoms with Crippen molar-refractivity contribution in [1.82, 2.24) is 0 Å². The van der Waals surface area contributed by atoms with Gasteiger partial charge in [0.2, 0.25) is 0 Å². The molecule has 2 aromatic rings. The Morgan fingerprint density at radius 3 is 2.44 bits per heavy atom. The Morgan fingerprint density at radius 1 is 1.08 bits per heavy atom. The normalized spacial score (nSPS) is 10.5. The summed E-state index contributed by atoms with van der Waals surface area (Å²) < 4.78 is 17.1. The van der Waals surface area contributed by atoms with Crippen LogP contribution < -0.4 is 19.5 Å². The second-order valence-electron chi connectivity index (χ2n) is 5.74. The molecule has 0 fully saturated rings. The Balaban J connectivity index is 2.07. The first-order chi connectivity index (χ1) is 11.9. The summed E-state index contributed by atoms with van der Waals surface area (Å²) in [5.74, 6) is 1.90. The van der Waals surface area contributed by atoms with Crippen molar-refractivity contribution in [2.24, 2.45) is 0 Å². The number of carbonyl (C=O) groups excluding carboxylic acids is 1. The zero-order chi connectivity index (χ0) is 18.4. The van der Waals surface area contributed by atoms with Crippen LogP contribution in [-0.2, 0) is 4.79 Å². The molecule has 6 heteroatoms. The lowest BCUT2D eigenvalue weighted by Crippen LogP contribution is -2.21. The van der Waals surface area contributed by atoms with Gasteiger partial charge in [-0.05, 0) is 41.8 Å². The molecule has 25 heavy (non-hydrogen) atoms. The van der Waals surface area contributed by atoms with Crippen molar-refractivity contribution < 1.29 is 19.0 Å². The van der Waals surface area contributed by atoms with Crippen molar-refractivity contribution in [3.05, 3.63) is 46.4 Å². The van der Waals surface area contributed by atoms with Gasteiger partial charge in [-0.25, -0.2) is 0 Å². The smallest absolute Gasteiger partial charge is 0.262 e. The van der Waals surface area contributed by atoms with Gasteiger partial charge in [0.05, 0.1) is 19.9 Å². The van der Waals surface area contributed by atoms with E-state index in [1.165, 1.54) is 0 Å². The zero-order valence-electron chi connectivity index (χ0n) is 14.8. The van der Waals surface area contributed by atoms with Crippen LogP contribution in [-0.4, -0.2) is 26.7 Å². The molecule has 0 bridgehead atoms. The maximum absolute atomic E-state index is 12.3. The molecule has 2 aromatic carbocycles. The Hall–Kier alpha value is -2.21. The summed E-state index contributed by atoms with van der Waals surface area (Å²) in [6.07, 6.45) is 0. The molecule has 0 unspecified atom stereocenters. The van der Waals surface area contributed by atoms with Crippen LogP contribution in [0, 0.1) is 0 Å². The fourth-order valence-corrected chi connectivity index (χ4v) is 2.72. The molecule has 134 valence electrons. The van der Waals surface area contributed by atoms with E-state index in [1.807, 2.05) is 18.2 Å². The highest BCUT2D eigenvalue weighted by Crippen LogP contribution is 2.30. The van der Waals surface area contributed by atoms with Crippen molar-refractivity contribution in [1.29, 1.82) is 0 Å². The van der Waals surface area contributed by atoms with Crippen molar-refractivity contribution in [2.75, 3.05) is 26.1 Å². The highest BCUT2D eigenvalue weighted by atomic mass is 79.9. The molecule has 0 aliphatic heterocycles. The number of amides is 1. The second-order valence-corrected chi connectivity index (χ2v) is 6.66. The second kappa shape index (κ2) is 8.76. The number of nitrogens with one attached hydrogen (secondary N) is 1. The first-order valence-electron chi connectivity index (χ1n) is 7.88. The minimum Gasteiger partial charge on any atom is -0.497 e. The standard InChI is InChI=1S/C19H22BrNO4/c1-12(2)15-9-13(20)5-7-17(15)25-11-19(22)21-16-10-14(23-3)6-8-18(16)24-4/h5-10,12H,11H2,1-4H3,(H,21,22). The fraction of sp³-hybridized carbons (Fsp3) is 0.316. The lowest BCUT2D eigenvalue weighted by molar-refractivity contribution is -0.118. The Morgan fingerprint density at radius 2 is 1.80 bits per heavy atom. The summed E-state index contributed by atoms with van der Waals surface area (Å²) in [6.45, 7) is 4.06. The molecule has 0 saturated carbocycles. The molecule has 5 nitrogen and oxygen atoms in total. The van der Waals surface area contributed by atoms with Gasteiger partial charge in [0.25, 0.3) is 5.91 Å². The van der Waals surface area contributed by atoms with Crippen LogP contribution in [0.5, 0.6) is 17.2 Å². The maximum Gasteiger partial charge on any atom is 0.262 e. The summed E-state index contributed by atoms with van der Waals surface area (Å²) in [4.78, 5) is 12.3. The highest BCUT2D eigenvalue weighted by molar-refractivity contribution is 9.10.